The second-order valence-corrected chi connectivity index (χ2v) is 1.96. The Kier molecular flexibility index (Phi) is 4.56. The van der Waals surface area contributed by atoms with Gasteiger partial charge in [0.25, 0.3) is 0 Å². The monoisotopic (exact) mass is 152 g/mol. The zero-order chi connectivity index (χ0) is 8.69. The first-order chi connectivity index (χ1) is 5.16. The van der Waals surface area contributed by atoms with E-state index in [1.165, 1.54) is 0 Å². The van der Waals surface area contributed by atoms with Crippen molar-refractivity contribution in [3.63, 3.8) is 0 Å². The van der Waals surface area contributed by atoms with Crippen LogP contribution in [0.1, 0.15) is 0 Å². The summed E-state index contributed by atoms with van der Waals surface area (Å²) >= 11 is 0. The van der Waals surface area contributed by atoms with Gasteiger partial charge in [0.05, 0.1) is 0 Å². The Morgan fingerprint density at radius 2 is 1.91 bits per heavy atom. The molecule has 1 amide bonds. The van der Waals surface area contributed by atoms with Crippen molar-refractivity contribution in [3.8, 4) is 0 Å². The number of amides is 1. The molecule has 0 aromatic carbocycles. The van der Waals surface area contributed by atoms with E-state index < -0.39 is 5.91 Å². The predicted molar refractivity (Wildman–Crippen MR) is 44.8 cm³/mol. The fourth-order valence-corrected chi connectivity index (χ4v) is 0.421. The van der Waals surface area contributed by atoms with Crippen LogP contribution in [0.25, 0.3) is 0 Å². The van der Waals surface area contributed by atoms with Crippen LogP contribution >= 0.6 is 0 Å². The summed E-state index contributed by atoms with van der Waals surface area (Å²) in [5.74, 6) is -0.481. The first-order valence-electron chi connectivity index (χ1n) is 3.15. The molecular formula is C8H12N2O. The normalized spacial score (nSPS) is 7.73. The topological polar surface area (TPSA) is 48.0 Å². The minimum Gasteiger partial charge on any atom is -0.366 e. The molecule has 0 aliphatic rings. The highest BCUT2D eigenvalue weighted by atomic mass is 16.1. The van der Waals surface area contributed by atoms with Gasteiger partial charge in [0.15, 0.2) is 0 Å². The highest BCUT2D eigenvalue weighted by Gasteiger charge is 1.69. The zero-order valence-corrected chi connectivity index (χ0v) is 6.53. The SMILES string of the molecule is C=CC(N)=O.Cn1cccc1. The molecule has 0 saturated carbocycles. The molecule has 0 radical (unpaired) electrons. The quantitative estimate of drug-likeness (QED) is 0.591. The molecule has 0 atom stereocenters. The maximum Gasteiger partial charge on any atom is 0.240 e. The Balaban J connectivity index is 0.000000187. The smallest absolute Gasteiger partial charge is 0.240 e. The summed E-state index contributed by atoms with van der Waals surface area (Å²) in [4.78, 5) is 9.47. The van der Waals surface area contributed by atoms with E-state index in [2.05, 4.69) is 12.3 Å². The van der Waals surface area contributed by atoms with Gasteiger partial charge in [0.1, 0.15) is 0 Å². The summed E-state index contributed by atoms with van der Waals surface area (Å²) < 4.78 is 2.00. The molecule has 0 aliphatic carbocycles. The van der Waals surface area contributed by atoms with Crippen LogP contribution in [0.5, 0.6) is 0 Å². The molecule has 0 fully saturated rings. The highest BCUT2D eigenvalue weighted by Crippen LogP contribution is 1.80. The van der Waals surface area contributed by atoms with Crippen molar-refractivity contribution in [2.24, 2.45) is 12.8 Å². The Labute approximate surface area is 66.1 Å². The Morgan fingerprint density at radius 3 is 2.00 bits per heavy atom. The maximum atomic E-state index is 9.47. The van der Waals surface area contributed by atoms with E-state index in [-0.39, 0.29) is 0 Å². The fourth-order valence-electron chi connectivity index (χ4n) is 0.421. The molecule has 0 saturated heterocycles. The van der Waals surface area contributed by atoms with Gasteiger partial charge in [-0.2, -0.15) is 0 Å². The molecule has 0 spiro atoms. The average molecular weight is 152 g/mol. The molecule has 1 aromatic heterocycles. The van der Waals surface area contributed by atoms with E-state index in [9.17, 15) is 4.79 Å². The lowest BCUT2D eigenvalue weighted by atomic mass is 10.6. The molecular weight excluding hydrogens is 140 g/mol. The number of carbonyl (C=O) groups is 1. The lowest BCUT2D eigenvalue weighted by molar-refractivity contribution is -0.113. The number of hydrogen-bond donors (Lipinski definition) is 1. The van der Waals surface area contributed by atoms with Gasteiger partial charge in [-0.1, -0.05) is 6.58 Å². The first-order valence-corrected chi connectivity index (χ1v) is 3.15. The highest BCUT2D eigenvalue weighted by molar-refractivity contribution is 5.84. The minimum absolute atomic E-state index is 0.481. The number of carbonyl (C=O) groups excluding carboxylic acids is 1. The number of nitrogens with two attached hydrogens (primary N) is 1. The second-order valence-electron chi connectivity index (χ2n) is 1.96. The number of nitrogens with zero attached hydrogens (tertiary/aromatic N) is 1. The molecule has 3 heteroatoms. The van der Waals surface area contributed by atoms with Gasteiger partial charge in [-0.15, -0.1) is 0 Å². The second kappa shape index (κ2) is 5.29. The summed E-state index contributed by atoms with van der Waals surface area (Å²) in [5.41, 5.74) is 4.53. The summed E-state index contributed by atoms with van der Waals surface area (Å²) in [7, 11) is 2.00. The third-order valence-corrected chi connectivity index (χ3v) is 0.955. The number of rotatable bonds is 1. The summed E-state index contributed by atoms with van der Waals surface area (Å²) in [6, 6.07) is 4.00. The molecule has 0 aliphatic heterocycles. The van der Waals surface area contributed by atoms with Crippen LogP contribution in [0.2, 0.25) is 0 Å². The van der Waals surface area contributed by atoms with E-state index in [1.54, 1.807) is 0 Å². The molecule has 60 valence electrons. The van der Waals surface area contributed by atoms with E-state index in [4.69, 9.17) is 0 Å². The van der Waals surface area contributed by atoms with Gasteiger partial charge in [-0.25, -0.2) is 0 Å². The molecule has 1 aromatic rings. The first kappa shape index (κ1) is 9.49. The van der Waals surface area contributed by atoms with Crippen LogP contribution < -0.4 is 5.73 Å². The fraction of sp³-hybridized carbons (Fsp3) is 0.125. The molecule has 2 N–H and O–H groups in total. The Morgan fingerprint density at radius 1 is 1.55 bits per heavy atom. The predicted octanol–water partition coefficient (Wildman–Crippen LogP) is 0.683. The molecule has 0 bridgehead atoms. The van der Waals surface area contributed by atoms with Gasteiger partial charge < -0.3 is 10.3 Å². The summed E-state index contributed by atoms with van der Waals surface area (Å²) in [5, 5.41) is 0. The molecule has 1 heterocycles. The van der Waals surface area contributed by atoms with E-state index in [1.807, 2.05) is 36.1 Å². The molecule has 11 heavy (non-hydrogen) atoms. The van der Waals surface area contributed by atoms with Gasteiger partial charge in [0.2, 0.25) is 5.91 Å². The van der Waals surface area contributed by atoms with E-state index >= 15 is 0 Å². The summed E-state index contributed by atoms with van der Waals surface area (Å²) in [6.07, 6.45) is 5.06. The maximum absolute atomic E-state index is 9.47. The van der Waals surface area contributed by atoms with Crippen molar-refractivity contribution in [3.05, 3.63) is 37.2 Å². The zero-order valence-electron chi connectivity index (χ0n) is 6.53. The van der Waals surface area contributed by atoms with Crippen LogP contribution in [-0.2, 0) is 11.8 Å². The van der Waals surface area contributed by atoms with Crippen molar-refractivity contribution in [2.45, 2.75) is 0 Å². The average Bonchev–Trinajstić information content (AvgIpc) is 2.41. The number of hydrogen-bond acceptors (Lipinski definition) is 1. The van der Waals surface area contributed by atoms with Crippen molar-refractivity contribution in [1.82, 2.24) is 4.57 Å². The number of primary amides is 1. The Hall–Kier alpha value is -1.51. The van der Waals surface area contributed by atoms with Crippen molar-refractivity contribution in [2.75, 3.05) is 0 Å². The van der Waals surface area contributed by atoms with Gasteiger partial charge in [-0.3, -0.25) is 4.79 Å². The van der Waals surface area contributed by atoms with Crippen LogP contribution in [0.4, 0.5) is 0 Å². The van der Waals surface area contributed by atoms with Crippen molar-refractivity contribution >= 4 is 5.91 Å². The van der Waals surface area contributed by atoms with E-state index in [0.717, 1.165) is 6.08 Å². The third kappa shape index (κ3) is 6.37. The van der Waals surface area contributed by atoms with E-state index in [0.29, 0.717) is 0 Å². The van der Waals surface area contributed by atoms with Crippen LogP contribution in [0, 0.1) is 0 Å². The lowest BCUT2D eigenvalue weighted by Crippen LogP contribution is -2.04. The summed E-state index contributed by atoms with van der Waals surface area (Å²) in [6.45, 7) is 3.09. The standard InChI is InChI=1S/C5H7N.C3H5NO/c1-6-4-2-3-5-6;1-2-3(4)5/h2-5H,1H3;2H,1H2,(H2,4,5). The van der Waals surface area contributed by atoms with Gasteiger partial charge in [-0.05, 0) is 18.2 Å². The van der Waals surface area contributed by atoms with Crippen LogP contribution in [0.3, 0.4) is 0 Å². The largest absolute Gasteiger partial charge is 0.366 e. The van der Waals surface area contributed by atoms with Crippen LogP contribution in [-0.4, -0.2) is 10.5 Å². The van der Waals surface area contributed by atoms with Crippen molar-refractivity contribution < 1.29 is 4.79 Å². The molecule has 1 rings (SSSR count). The van der Waals surface area contributed by atoms with Gasteiger partial charge in [0, 0.05) is 19.4 Å². The minimum atomic E-state index is -0.481. The lowest BCUT2D eigenvalue weighted by Gasteiger charge is -1.79. The Bertz CT molecular complexity index is 214. The number of aromatic nitrogens is 1. The third-order valence-electron chi connectivity index (χ3n) is 0.955. The molecule has 3 nitrogen and oxygen atoms in total. The van der Waals surface area contributed by atoms with Crippen molar-refractivity contribution in [1.29, 1.82) is 0 Å². The number of aryl methyl sites for hydroxylation is 1. The van der Waals surface area contributed by atoms with Crippen LogP contribution in [0.15, 0.2) is 37.2 Å². The molecule has 0 unspecified atom stereocenters. The van der Waals surface area contributed by atoms with Gasteiger partial charge >= 0.3 is 0 Å².